The van der Waals surface area contributed by atoms with Crippen molar-refractivity contribution in [3.05, 3.63) is 36.4 Å². The Hall–Kier alpha value is -2.26. The van der Waals surface area contributed by atoms with Gasteiger partial charge in [0.25, 0.3) is 0 Å². The molecule has 0 radical (unpaired) electrons. The molecule has 0 saturated heterocycles. The largest absolute Gasteiger partial charge is 0.387 e. The number of aliphatic hydroxyl groups is 3. The molecule has 0 saturated carbocycles. The third-order valence-corrected chi connectivity index (χ3v) is 5.65. The molecule has 5 atom stereocenters. The van der Waals surface area contributed by atoms with Crippen molar-refractivity contribution in [1.29, 1.82) is 0 Å². The molecule has 32 heavy (non-hydrogen) atoms. The van der Waals surface area contributed by atoms with Gasteiger partial charge in [-0.2, -0.15) is 0 Å². The first-order chi connectivity index (χ1) is 14.9. The number of amides is 1. The molecular formula is C24H36N2O6. The molecule has 1 aromatic carbocycles. The lowest BCUT2D eigenvalue weighted by Crippen LogP contribution is -2.49. The average molecular weight is 449 g/mol. The highest BCUT2D eigenvalue weighted by atomic mass is 16.5. The summed E-state index contributed by atoms with van der Waals surface area (Å²) < 4.78 is 5.18. The van der Waals surface area contributed by atoms with Gasteiger partial charge in [-0.25, -0.2) is 0 Å². The number of allylic oxidation sites excluding steroid dienone is 1. The number of fused-ring (bicyclic) bond motifs is 1. The number of Topliss-reactive ketones (excluding diaryl/α,β-unsaturated/α-hetero) is 1. The van der Waals surface area contributed by atoms with E-state index in [1.807, 2.05) is 57.0 Å². The van der Waals surface area contributed by atoms with Gasteiger partial charge in [-0.15, -0.1) is 0 Å². The van der Waals surface area contributed by atoms with E-state index in [-0.39, 0.29) is 17.7 Å². The summed E-state index contributed by atoms with van der Waals surface area (Å²) in [6.45, 7) is 6.10. The number of ether oxygens (including phenoxy) is 1. The first kappa shape index (κ1) is 26.0. The molecule has 0 bridgehead atoms. The number of ketones is 1. The Balaban J connectivity index is 2.14. The third-order valence-electron chi connectivity index (χ3n) is 5.65. The van der Waals surface area contributed by atoms with Crippen molar-refractivity contribution in [2.24, 2.45) is 11.3 Å². The zero-order valence-electron chi connectivity index (χ0n) is 19.7. The van der Waals surface area contributed by atoms with Gasteiger partial charge in [-0.05, 0) is 17.5 Å². The average Bonchev–Trinajstić information content (AvgIpc) is 2.82. The fourth-order valence-corrected chi connectivity index (χ4v) is 3.82. The number of carbonyl (C=O) groups excluding carboxylic acids is 2. The molecule has 0 fully saturated rings. The van der Waals surface area contributed by atoms with E-state index in [9.17, 15) is 24.9 Å². The van der Waals surface area contributed by atoms with Crippen LogP contribution in [0.3, 0.4) is 0 Å². The normalized spacial score (nSPS) is 21.2. The van der Waals surface area contributed by atoms with E-state index in [2.05, 4.69) is 0 Å². The Bertz CT molecular complexity index is 834. The zero-order chi connectivity index (χ0) is 24.2. The Morgan fingerprint density at radius 1 is 1.16 bits per heavy atom. The molecule has 0 aliphatic carbocycles. The molecule has 8 heteroatoms. The number of aliphatic hydroxyl groups excluding tert-OH is 3. The summed E-state index contributed by atoms with van der Waals surface area (Å²) in [5.74, 6) is -1.39. The molecule has 1 aliphatic heterocycles. The first-order valence-corrected chi connectivity index (χ1v) is 10.7. The topological polar surface area (TPSA) is 111 Å². The highest BCUT2D eigenvalue weighted by molar-refractivity contribution is 6.01. The number of carbonyl (C=O) groups is 2. The van der Waals surface area contributed by atoms with E-state index < -0.39 is 36.1 Å². The van der Waals surface area contributed by atoms with Gasteiger partial charge in [0.15, 0.2) is 5.78 Å². The predicted molar refractivity (Wildman–Crippen MR) is 124 cm³/mol. The number of methoxy groups -OCH3 is 1. The molecule has 1 heterocycles. The van der Waals surface area contributed by atoms with E-state index in [1.165, 1.54) is 18.1 Å². The van der Waals surface area contributed by atoms with Crippen LogP contribution in [-0.4, -0.2) is 79.2 Å². The maximum Gasteiger partial charge on any atom is 0.232 e. The van der Waals surface area contributed by atoms with Crippen LogP contribution in [0.2, 0.25) is 0 Å². The van der Waals surface area contributed by atoms with E-state index in [0.29, 0.717) is 6.54 Å². The molecule has 0 aromatic heterocycles. The molecule has 3 N–H and O–H groups in total. The van der Waals surface area contributed by atoms with Crippen molar-refractivity contribution in [2.45, 2.75) is 51.6 Å². The minimum Gasteiger partial charge on any atom is -0.387 e. The molecule has 8 nitrogen and oxygen atoms in total. The van der Waals surface area contributed by atoms with Gasteiger partial charge in [0, 0.05) is 34.2 Å². The summed E-state index contributed by atoms with van der Waals surface area (Å²) >= 11 is 0. The standard InChI is InChI=1S/C24H36N2O6/c1-24(2,3)12-11-18(27)20(29)21(30)22(32-6)19(28)13-15-14-25(4)16-9-7-8-10-17(16)26(5)23(15)31/h7-12,15,18,20-22,27,29-30H,13-14H2,1-6H3/b12-11+/t15-,18+,20-,21+,22-/m0/s1. The quantitative estimate of drug-likeness (QED) is 0.515. The number of para-hydroxylation sites is 2. The van der Waals surface area contributed by atoms with Crippen LogP contribution in [0.15, 0.2) is 36.4 Å². The number of anilines is 2. The molecule has 1 aromatic rings. The van der Waals surface area contributed by atoms with Gasteiger partial charge in [-0.1, -0.05) is 45.1 Å². The van der Waals surface area contributed by atoms with Crippen molar-refractivity contribution < 1.29 is 29.6 Å². The lowest BCUT2D eigenvalue weighted by molar-refractivity contribution is -0.148. The summed E-state index contributed by atoms with van der Waals surface area (Å²) in [4.78, 5) is 29.5. The number of nitrogens with zero attached hydrogens (tertiary/aromatic N) is 2. The van der Waals surface area contributed by atoms with Gasteiger partial charge in [0.2, 0.25) is 5.91 Å². The zero-order valence-corrected chi connectivity index (χ0v) is 19.7. The highest BCUT2D eigenvalue weighted by Crippen LogP contribution is 2.33. The van der Waals surface area contributed by atoms with Crippen LogP contribution in [-0.2, 0) is 14.3 Å². The van der Waals surface area contributed by atoms with Crippen LogP contribution < -0.4 is 9.80 Å². The van der Waals surface area contributed by atoms with Gasteiger partial charge in [0.1, 0.15) is 24.4 Å². The van der Waals surface area contributed by atoms with Crippen molar-refractivity contribution in [3.63, 3.8) is 0 Å². The number of benzene rings is 1. The fourth-order valence-electron chi connectivity index (χ4n) is 3.82. The number of rotatable bonds is 8. The van der Waals surface area contributed by atoms with Crippen LogP contribution in [0.1, 0.15) is 27.2 Å². The molecule has 178 valence electrons. The van der Waals surface area contributed by atoms with Gasteiger partial charge in [0.05, 0.1) is 17.3 Å². The Labute approximate surface area is 190 Å². The Kier molecular flexibility index (Phi) is 8.59. The molecule has 2 rings (SSSR count). The maximum atomic E-state index is 13.0. The molecule has 0 unspecified atom stereocenters. The summed E-state index contributed by atoms with van der Waals surface area (Å²) in [5, 5.41) is 31.1. The monoisotopic (exact) mass is 448 g/mol. The molecular weight excluding hydrogens is 412 g/mol. The first-order valence-electron chi connectivity index (χ1n) is 10.7. The second-order valence-electron chi connectivity index (χ2n) is 9.49. The summed E-state index contributed by atoms with van der Waals surface area (Å²) in [6.07, 6.45) is -3.09. The van der Waals surface area contributed by atoms with Crippen LogP contribution in [0.4, 0.5) is 11.4 Å². The maximum absolute atomic E-state index is 13.0. The van der Waals surface area contributed by atoms with E-state index in [1.54, 1.807) is 13.1 Å². The summed E-state index contributed by atoms with van der Waals surface area (Å²) in [6, 6.07) is 7.49. The SMILES string of the molecule is CO[C@@H](C(=O)C[C@H]1CN(C)c2ccccc2N(C)C1=O)[C@H](O)[C@@H](O)[C@H](O)/C=C/C(C)(C)C. The summed E-state index contributed by atoms with van der Waals surface area (Å²) in [5.41, 5.74) is 1.41. The number of hydrogen-bond acceptors (Lipinski definition) is 7. The minimum absolute atomic E-state index is 0.169. The van der Waals surface area contributed by atoms with Gasteiger partial charge in [-0.3, -0.25) is 9.59 Å². The van der Waals surface area contributed by atoms with Crippen LogP contribution in [0, 0.1) is 11.3 Å². The van der Waals surface area contributed by atoms with E-state index in [0.717, 1.165) is 11.4 Å². The fraction of sp³-hybridized carbons (Fsp3) is 0.583. The highest BCUT2D eigenvalue weighted by Gasteiger charge is 2.38. The van der Waals surface area contributed by atoms with Gasteiger partial charge >= 0.3 is 0 Å². The molecule has 1 amide bonds. The van der Waals surface area contributed by atoms with Crippen molar-refractivity contribution >= 4 is 23.1 Å². The summed E-state index contributed by atoms with van der Waals surface area (Å²) in [7, 11) is 4.77. The molecule has 0 spiro atoms. The number of hydrogen-bond donors (Lipinski definition) is 3. The van der Waals surface area contributed by atoms with Crippen LogP contribution >= 0.6 is 0 Å². The molecule has 1 aliphatic rings. The lowest BCUT2D eigenvalue weighted by Gasteiger charge is -2.28. The predicted octanol–water partition coefficient (Wildman–Crippen LogP) is 1.37. The smallest absolute Gasteiger partial charge is 0.232 e. The van der Waals surface area contributed by atoms with Crippen molar-refractivity contribution in [3.8, 4) is 0 Å². The van der Waals surface area contributed by atoms with Crippen LogP contribution in [0.25, 0.3) is 0 Å². The van der Waals surface area contributed by atoms with Crippen LogP contribution in [0.5, 0.6) is 0 Å². The van der Waals surface area contributed by atoms with Crippen molar-refractivity contribution in [2.75, 3.05) is 37.5 Å². The minimum atomic E-state index is -1.65. The lowest BCUT2D eigenvalue weighted by atomic mass is 9.91. The third kappa shape index (κ3) is 6.16. The second kappa shape index (κ2) is 10.6. The Morgan fingerprint density at radius 3 is 2.31 bits per heavy atom. The Morgan fingerprint density at radius 2 is 1.75 bits per heavy atom. The van der Waals surface area contributed by atoms with E-state index in [4.69, 9.17) is 4.74 Å². The second-order valence-corrected chi connectivity index (χ2v) is 9.49. The van der Waals surface area contributed by atoms with Gasteiger partial charge < -0.3 is 29.9 Å². The van der Waals surface area contributed by atoms with Crippen molar-refractivity contribution in [1.82, 2.24) is 0 Å². The van der Waals surface area contributed by atoms with E-state index >= 15 is 0 Å².